The van der Waals surface area contributed by atoms with Crippen molar-refractivity contribution in [1.82, 2.24) is 14.6 Å². The van der Waals surface area contributed by atoms with Gasteiger partial charge in [-0.3, -0.25) is 0 Å². The zero-order valence-corrected chi connectivity index (χ0v) is 13.7. The summed E-state index contributed by atoms with van der Waals surface area (Å²) in [4.78, 5) is 4.43. The van der Waals surface area contributed by atoms with Gasteiger partial charge in [-0.05, 0) is 24.6 Å². The molecule has 0 spiro atoms. The van der Waals surface area contributed by atoms with Gasteiger partial charge in [0.1, 0.15) is 15.1 Å². The van der Waals surface area contributed by atoms with E-state index in [1.165, 1.54) is 27.6 Å². The molecule has 2 N–H and O–H groups in total. The predicted molar refractivity (Wildman–Crippen MR) is 83.7 cm³/mol. The van der Waals surface area contributed by atoms with E-state index in [0.717, 1.165) is 0 Å². The van der Waals surface area contributed by atoms with Crippen molar-refractivity contribution in [3.8, 4) is 0 Å². The molecular weight excluding hydrogens is 328 g/mol. The summed E-state index contributed by atoms with van der Waals surface area (Å²) in [5, 5.41) is 6.39. The topological polar surface area (TPSA) is 90.3 Å². The molecule has 0 saturated carbocycles. The fourth-order valence-electron chi connectivity index (χ4n) is 2.01. The highest BCUT2D eigenvalue weighted by Gasteiger charge is 2.29. The fraction of sp³-hybridized carbons (Fsp3) is 0.167. The first-order valence-electron chi connectivity index (χ1n) is 5.93. The summed E-state index contributed by atoms with van der Waals surface area (Å²) < 4.78 is 27.3. The van der Waals surface area contributed by atoms with E-state index < -0.39 is 9.84 Å². The number of fused-ring (bicyclic) bond motifs is 1. The molecule has 110 valence electrons. The molecule has 0 radical (unpaired) electrons. The number of hydrogen-bond donors (Lipinski definition) is 1. The lowest BCUT2D eigenvalue weighted by atomic mass is 10.4. The van der Waals surface area contributed by atoms with Gasteiger partial charge in [0, 0.05) is 11.8 Å². The van der Waals surface area contributed by atoms with Crippen molar-refractivity contribution in [3.63, 3.8) is 0 Å². The zero-order valence-electron chi connectivity index (χ0n) is 11.3. The van der Waals surface area contributed by atoms with E-state index in [-0.39, 0.29) is 14.8 Å². The van der Waals surface area contributed by atoms with Crippen LogP contribution in [-0.2, 0) is 9.84 Å². The lowest BCUT2D eigenvalue weighted by Crippen LogP contribution is -2.04. The normalized spacial score (nSPS) is 12.1. The summed E-state index contributed by atoms with van der Waals surface area (Å²) in [5.41, 5.74) is 6.83. The Kier molecular flexibility index (Phi) is 3.42. The van der Waals surface area contributed by atoms with Crippen LogP contribution in [0.5, 0.6) is 0 Å². The second-order valence-electron chi connectivity index (χ2n) is 4.33. The molecule has 0 aliphatic rings. The minimum absolute atomic E-state index is 0.118. The van der Waals surface area contributed by atoms with Gasteiger partial charge in [0.25, 0.3) is 0 Å². The van der Waals surface area contributed by atoms with Crippen LogP contribution in [0.15, 0.2) is 37.7 Å². The number of aromatic nitrogens is 3. The summed E-state index contributed by atoms with van der Waals surface area (Å²) in [6, 6.07) is 4.94. The predicted octanol–water partition coefficient (Wildman–Crippen LogP) is 2.24. The summed E-state index contributed by atoms with van der Waals surface area (Å²) in [6.45, 7) is 1.77. The Balaban J connectivity index is 2.42. The van der Waals surface area contributed by atoms with Crippen molar-refractivity contribution in [3.05, 3.63) is 29.3 Å². The van der Waals surface area contributed by atoms with Gasteiger partial charge in [0.2, 0.25) is 9.84 Å². The van der Waals surface area contributed by atoms with E-state index in [0.29, 0.717) is 16.5 Å². The molecule has 0 atom stereocenters. The van der Waals surface area contributed by atoms with Crippen molar-refractivity contribution in [2.45, 2.75) is 21.1 Å². The highest BCUT2D eigenvalue weighted by molar-refractivity contribution is 8.00. The monoisotopic (exact) mass is 340 g/mol. The maximum atomic E-state index is 12.8. The zero-order chi connectivity index (χ0) is 15.2. The Morgan fingerprint density at radius 1 is 1.43 bits per heavy atom. The summed E-state index contributed by atoms with van der Waals surface area (Å²) >= 11 is 2.43. The van der Waals surface area contributed by atoms with Crippen LogP contribution in [-0.4, -0.2) is 29.3 Å². The largest absolute Gasteiger partial charge is 0.384 e. The SMILES string of the molecule is CSc1nn2c(N)cc(C)nc2c1S(=O)(=O)c1cccs1. The Morgan fingerprint density at radius 3 is 2.81 bits per heavy atom. The van der Waals surface area contributed by atoms with E-state index in [9.17, 15) is 8.42 Å². The summed E-state index contributed by atoms with van der Waals surface area (Å²) in [6.07, 6.45) is 1.78. The van der Waals surface area contributed by atoms with Crippen molar-refractivity contribution < 1.29 is 8.42 Å². The van der Waals surface area contributed by atoms with Crippen LogP contribution in [0.25, 0.3) is 5.65 Å². The van der Waals surface area contributed by atoms with Crippen molar-refractivity contribution in [1.29, 1.82) is 0 Å². The molecule has 0 aliphatic heterocycles. The quantitative estimate of drug-likeness (QED) is 0.735. The molecule has 0 unspecified atom stereocenters. The number of nitrogen functional groups attached to an aromatic ring is 1. The van der Waals surface area contributed by atoms with E-state index >= 15 is 0 Å². The second-order valence-corrected chi connectivity index (χ2v) is 8.19. The third-order valence-electron chi connectivity index (χ3n) is 2.89. The third-order valence-corrected chi connectivity index (χ3v) is 6.88. The van der Waals surface area contributed by atoms with Gasteiger partial charge in [0.15, 0.2) is 10.5 Å². The molecule has 0 saturated heterocycles. The third kappa shape index (κ3) is 2.21. The lowest BCUT2D eigenvalue weighted by Gasteiger charge is -2.03. The first-order valence-corrected chi connectivity index (χ1v) is 9.52. The van der Waals surface area contributed by atoms with Gasteiger partial charge >= 0.3 is 0 Å². The standard InChI is InChI=1S/C12H12N4O2S3/c1-7-6-8(13)16-11(14-7)10(12(15-16)19-2)21(17,18)9-4-3-5-20-9/h3-6H,13H2,1-2H3. The minimum atomic E-state index is -3.66. The maximum Gasteiger partial charge on any atom is 0.222 e. The molecule has 0 bridgehead atoms. The molecule has 0 amide bonds. The Morgan fingerprint density at radius 2 is 2.19 bits per heavy atom. The molecule has 0 aliphatic carbocycles. The average molecular weight is 340 g/mol. The number of nitrogens with two attached hydrogens (primary N) is 1. The van der Waals surface area contributed by atoms with E-state index in [4.69, 9.17) is 5.73 Å². The number of aryl methyl sites for hydroxylation is 1. The Hall–Kier alpha value is -1.58. The first-order chi connectivity index (χ1) is 9.95. The van der Waals surface area contributed by atoms with E-state index in [2.05, 4.69) is 10.1 Å². The van der Waals surface area contributed by atoms with Gasteiger partial charge in [-0.2, -0.15) is 9.61 Å². The first kappa shape index (κ1) is 14.4. The van der Waals surface area contributed by atoms with E-state index in [1.54, 1.807) is 36.8 Å². The molecule has 3 aromatic rings. The van der Waals surface area contributed by atoms with E-state index in [1.807, 2.05) is 0 Å². The summed E-state index contributed by atoms with van der Waals surface area (Å²) in [5.74, 6) is 0.362. The van der Waals surface area contributed by atoms with Crippen LogP contribution in [0.4, 0.5) is 5.82 Å². The maximum absolute atomic E-state index is 12.8. The number of sulfone groups is 1. The smallest absolute Gasteiger partial charge is 0.222 e. The number of thiophene rings is 1. The molecule has 21 heavy (non-hydrogen) atoms. The van der Waals surface area contributed by atoms with Crippen molar-refractivity contribution >= 4 is 44.4 Å². The number of rotatable bonds is 3. The highest BCUT2D eigenvalue weighted by atomic mass is 32.2. The highest BCUT2D eigenvalue weighted by Crippen LogP contribution is 2.34. The van der Waals surface area contributed by atoms with Crippen molar-refractivity contribution in [2.75, 3.05) is 12.0 Å². The fourth-order valence-corrected chi connectivity index (χ4v) is 5.51. The van der Waals surface area contributed by atoms with Gasteiger partial charge in [-0.1, -0.05) is 6.07 Å². The lowest BCUT2D eigenvalue weighted by molar-refractivity contribution is 0.596. The molecule has 3 heterocycles. The molecule has 3 rings (SSSR count). The summed E-state index contributed by atoms with van der Waals surface area (Å²) in [7, 11) is -3.66. The van der Waals surface area contributed by atoms with Crippen LogP contribution >= 0.6 is 23.1 Å². The van der Waals surface area contributed by atoms with Crippen molar-refractivity contribution in [2.24, 2.45) is 0 Å². The number of nitrogens with zero attached hydrogens (tertiary/aromatic N) is 3. The van der Waals surface area contributed by atoms with Gasteiger partial charge in [-0.15, -0.1) is 23.1 Å². The van der Waals surface area contributed by atoms with Gasteiger partial charge in [-0.25, -0.2) is 13.4 Å². The molecular formula is C12H12N4O2S3. The molecule has 0 fully saturated rings. The molecule has 3 aromatic heterocycles. The average Bonchev–Trinajstić information content (AvgIpc) is 3.05. The van der Waals surface area contributed by atoms with Crippen LogP contribution < -0.4 is 5.73 Å². The molecule has 6 nitrogen and oxygen atoms in total. The molecule has 0 aromatic carbocycles. The number of thioether (sulfide) groups is 1. The second kappa shape index (κ2) is 5.00. The van der Waals surface area contributed by atoms with Crippen LogP contribution in [0.3, 0.4) is 0 Å². The van der Waals surface area contributed by atoms with Crippen LogP contribution in [0.2, 0.25) is 0 Å². The van der Waals surface area contributed by atoms with Crippen LogP contribution in [0, 0.1) is 6.92 Å². The minimum Gasteiger partial charge on any atom is -0.384 e. The van der Waals surface area contributed by atoms with Crippen LogP contribution in [0.1, 0.15) is 5.69 Å². The number of anilines is 1. The van der Waals surface area contributed by atoms with Gasteiger partial charge < -0.3 is 5.73 Å². The molecule has 9 heteroatoms. The Labute approximate surface area is 129 Å². The number of hydrogen-bond acceptors (Lipinski definition) is 7. The Bertz CT molecular complexity index is 914. The van der Waals surface area contributed by atoms with Gasteiger partial charge in [0.05, 0.1) is 0 Å².